The van der Waals surface area contributed by atoms with Gasteiger partial charge in [-0.05, 0) is 36.4 Å². The standard InChI is InChI=1S/C18H15F2NO5/c1-25-18(24)15(21-16(22)11-4-2-6-13(19)8-11)10-26-17(23)12-5-3-7-14(20)9-12/h2-9,15H,10H2,1H3,(H,21,22)/t15-/m0/s1. The fourth-order valence-corrected chi connectivity index (χ4v) is 2.04. The van der Waals surface area contributed by atoms with E-state index in [2.05, 4.69) is 10.1 Å². The minimum absolute atomic E-state index is 0.0182. The van der Waals surface area contributed by atoms with Crippen LogP contribution < -0.4 is 5.32 Å². The molecule has 0 aliphatic carbocycles. The van der Waals surface area contributed by atoms with Gasteiger partial charge in [0.2, 0.25) is 0 Å². The van der Waals surface area contributed by atoms with Gasteiger partial charge in [-0.25, -0.2) is 18.4 Å². The highest BCUT2D eigenvalue weighted by atomic mass is 19.1. The molecule has 8 heteroatoms. The monoisotopic (exact) mass is 363 g/mol. The van der Waals surface area contributed by atoms with Crippen LogP contribution in [-0.4, -0.2) is 37.6 Å². The molecular weight excluding hydrogens is 348 g/mol. The zero-order chi connectivity index (χ0) is 19.1. The Morgan fingerprint density at radius 2 is 1.58 bits per heavy atom. The van der Waals surface area contributed by atoms with Gasteiger partial charge in [-0.15, -0.1) is 0 Å². The summed E-state index contributed by atoms with van der Waals surface area (Å²) in [5.41, 5.74) is -0.0690. The molecule has 0 aliphatic heterocycles. The third-order valence-corrected chi connectivity index (χ3v) is 3.32. The van der Waals surface area contributed by atoms with Crippen molar-refractivity contribution in [2.45, 2.75) is 6.04 Å². The number of hydrogen-bond donors (Lipinski definition) is 1. The Morgan fingerprint density at radius 1 is 1.00 bits per heavy atom. The van der Waals surface area contributed by atoms with Gasteiger partial charge in [0.05, 0.1) is 12.7 Å². The smallest absolute Gasteiger partial charge is 0.338 e. The van der Waals surface area contributed by atoms with Crippen molar-refractivity contribution in [2.24, 2.45) is 0 Å². The predicted octanol–water partition coefficient (Wildman–Crippen LogP) is 2.09. The first-order valence-corrected chi connectivity index (χ1v) is 7.47. The Labute approximate surface area is 147 Å². The van der Waals surface area contributed by atoms with Crippen LogP contribution in [0.15, 0.2) is 48.5 Å². The third-order valence-electron chi connectivity index (χ3n) is 3.32. The molecule has 0 radical (unpaired) electrons. The van der Waals surface area contributed by atoms with E-state index in [0.717, 1.165) is 31.4 Å². The SMILES string of the molecule is COC(=O)[C@H](COC(=O)c1cccc(F)c1)NC(=O)c1cccc(F)c1. The van der Waals surface area contributed by atoms with Crippen molar-refractivity contribution in [1.29, 1.82) is 0 Å². The molecule has 2 aromatic rings. The second kappa shape index (κ2) is 8.70. The second-order valence-corrected chi connectivity index (χ2v) is 5.17. The van der Waals surface area contributed by atoms with Crippen molar-refractivity contribution in [3.8, 4) is 0 Å². The van der Waals surface area contributed by atoms with Crippen LogP contribution >= 0.6 is 0 Å². The van der Waals surface area contributed by atoms with Gasteiger partial charge < -0.3 is 14.8 Å². The first-order chi connectivity index (χ1) is 12.4. The molecule has 6 nitrogen and oxygen atoms in total. The molecule has 0 aromatic heterocycles. The van der Waals surface area contributed by atoms with E-state index in [1.165, 1.54) is 24.3 Å². The van der Waals surface area contributed by atoms with Crippen molar-refractivity contribution < 1.29 is 32.6 Å². The van der Waals surface area contributed by atoms with E-state index in [0.29, 0.717) is 0 Å². The van der Waals surface area contributed by atoms with Crippen LogP contribution in [0.3, 0.4) is 0 Å². The number of methoxy groups -OCH3 is 1. The lowest BCUT2D eigenvalue weighted by molar-refractivity contribution is -0.143. The predicted molar refractivity (Wildman–Crippen MR) is 86.4 cm³/mol. The molecule has 0 fully saturated rings. The van der Waals surface area contributed by atoms with Gasteiger partial charge in [0.25, 0.3) is 5.91 Å². The molecule has 0 heterocycles. The Kier molecular flexibility index (Phi) is 6.37. The topological polar surface area (TPSA) is 81.7 Å². The van der Waals surface area contributed by atoms with Crippen LogP contribution in [0.2, 0.25) is 0 Å². The lowest BCUT2D eigenvalue weighted by atomic mass is 10.2. The average Bonchev–Trinajstić information content (AvgIpc) is 2.64. The second-order valence-electron chi connectivity index (χ2n) is 5.17. The third kappa shape index (κ3) is 5.10. The van der Waals surface area contributed by atoms with Gasteiger partial charge in [-0.3, -0.25) is 4.79 Å². The van der Waals surface area contributed by atoms with E-state index < -0.39 is 42.1 Å². The number of esters is 2. The van der Waals surface area contributed by atoms with Gasteiger partial charge in [0, 0.05) is 5.56 Å². The summed E-state index contributed by atoms with van der Waals surface area (Å²) < 4.78 is 35.8. The highest BCUT2D eigenvalue weighted by Crippen LogP contribution is 2.07. The van der Waals surface area contributed by atoms with Crippen LogP contribution in [0, 0.1) is 11.6 Å². The van der Waals surface area contributed by atoms with Gasteiger partial charge in [0.15, 0.2) is 6.04 Å². The molecule has 2 rings (SSSR count). The van der Waals surface area contributed by atoms with E-state index in [-0.39, 0.29) is 11.1 Å². The molecule has 26 heavy (non-hydrogen) atoms. The zero-order valence-corrected chi connectivity index (χ0v) is 13.7. The average molecular weight is 363 g/mol. The molecule has 0 aliphatic rings. The summed E-state index contributed by atoms with van der Waals surface area (Å²) in [6, 6.07) is 8.33. The molecule has 0 bridgehead atoms. The van der Waals surface area contributed by atoms with Gasteiger partial charge in [-0.2, -0.15) is 0 Å². The van der Waals surface area contributed by atoms with Gasteiger partial charge in [-0.1, -0.05) is 12.1 Å². The Balaban J connectivity index is 2.04. The summed E-state index contributed by atoms with van der Waals surface area (Å²) in [4.78, 5) is 35.8. The van der Waals surface area contributed by atoms with Gasteiger partial charge >= 0.3 is 11.9 Å². The molecule has 1 N–H and O–H groups in total. The Morgan fingerprint density at radius 3 is 2.15 bits per heavy atom. The van der Waals surface area contributed by atoms with E-state index in [1.807, 2.05) is 0 Å². The van der Waals surface area contributed by atoms with Gasteiger partial charge in [0.1, 0.15) is 18.2 Å². The molecule has 1 amide bonds. The highest BCUT2D eigenvalue weighted by Gasteiger charge is 2.24. The summed E-state index contributed by atoms with van der Waals surface area (Å²) in [6.45, 7) is -0.539. The molecule has 0 saturated carbocycles. The lowest BCUT2D eigenvalue weighted by Crippen LogP contribution is -2.45. The van der Waals surface area contributed by atoms with Crippen LogP contribution in [0.4, 0.5) is 8.78 Å². The molecule has 136 valence electrons. The number of nitrogens with one attached hydrogen (secondary N) is 1. The summed E-state index contributed by atoms with van der Waals surface area (Å²) in [5.74, 6) is -3.73. The van der Waals surface area contributed by atoms with E-state index in [9.17, 15) is 23.2 Å². The number of benzene rings is 2. The summed E-state index contributed by atoms with van der Waals surface area (Å²) in [7, 11) is 1.10. The van der Waals surface area contributed by atoms with Crippen molar-refractivity contribution in [1.82, 2.24) is 5.32 Å². The number of rotatable bonds is 6. The number of hydrogen-bond acceptors (Lipinski definition) is 5. The molecule has 1 atom stereocenters. The first kappa shape index (κ1) is 19.0. The molecule has 2 aromatic carbocycles. The fraction of sp³-hybridized carbons (Fsp3) is 0.167. The summed E-state index contributed by atoms with van der Waals surface area (Å²) >= 11 is 0. The van der Waals surface area contributed by atoms with Crippen molar-refractivity contribution >= 4 is 17.8 Å². The molecule has 0 unspecified atom stereocenters. The number of carbonyl (C=O) groups excluding carboxylic acids is 3. The van der Waals surface area contributed by atoms with Crippen molar-refractivity contribution in [3.63, 3.8) is 0 Å². The maximum atomic E-state index is 13.2. The largest absolute Gasteiger partial charge is 0.467 e. The summed E-state index contributed by atoms with van der Waals surface area (Å²) in [5, 5.41) is 2.30. The van der Waals surface area contributed by atoms with E-state index in [1.54, 1.807) is 0 Å². The molecular formula is C18H15F2NO5. The fourth-order valence-electron chi connectivity index (χ4n) is 2.04. The van der Waals surface area contributed by atoms with Crippen LogP contribution in [-0.2, 0) is 14.3 Å². The number of ether oxygens (including phenoxy) is 2. The zero-order valence-electron chi connectivity index (χ0n) is 13.7. The van der Waals surface area contributed by atoms with Crippen LogP contribution in [0.1, 0.15) is 20.7 Å². The molecule has 0 spiro atoms. The Hall–Kier alpha value is -3.29. The summed E-state index contributed by atoms with van der Waals surface area (Å²) in [6.07, 6.45) is 0. The number of amides is 1. The van der Waals surface area contributed by atoms with Crippen molar-refractivity contribution in [3.05, 3.63) is 71.3 Å². The first-order valence-electron chi connectivity index (χ1n) is 7.47. The maximum absolute atomic E-state index is 13.2. The molecule has 0 saturated heterocycles. The number of carbonyl (C=O) groups is 3. The highest BCUT2D eigenvalue weighted by molar-refractivity contribution is 5.97. The Bertz CT molecular complexity index is 825. The normalized spacial score (nSPS) is 11.3. The minimum Gasteiger partial charge on any atom is -0.467 e. The number of halogens is 2. The lowest BCUT2D eigenvalue weighted by Gasteiger charge is -2.16. The van der Waals surface area contributed by atoms with E-state index in [4.69, 9.17) is 4.74 Å². The maximum Gasteiger partial charge on any atom is 0.338 e. The van der Waals surface area contributed by atoms with Crippen molar-refractivity contribution in [2.75, 3.05) is 13.7 Å². The van der Waals surface area contributed by atoms with E-state index >= 15 is 0 Å². The quantitative estimate of drug-likeness (QED) is 0.795. The van der Waals surface area contributed by atoms with Crippen LogP contribution in [0.5, 0.6) is 0 Å². The minimum atomic E-state index is -1.31. The van der Waals surface area contributed by atoms with Crippen LogP contribution in [0.25, 0.3) is 0 Å².